The number of halogens is 6. The lowest BCUT2D eigenvalue weighted by Gasteiger charge is -2.26. The molecular formula is C40H44ClF5N2O7. The van der Waals surface area contributed by atoms with E-state index in [-0.39, 0.29) is 23.6 Å². The Labute approximate surface area is 321 Å². The Hall–Kier alpha value is -4.85. The Morgan fingerprint density at radius 1 is 0.818 bits per heavy atom. The number of ketones is 3. The van der Waals surface area contributed by atoms with E-state index in [0.717, 1.165) is 12.1 Å². The molecule has 55 heavy (non-hydrogen) atoms. The maximum absolute atomic E-state index is 15.5. The number of carbonyl (C=O) groups is 5. The molecule has 0 aliphatic rings. The average molecular weight is 795 g/mol. The van der Waals surface area contributed by atoms with Crippen molar-refractivity contribution in [3.05, 3.63) is 100 Å². The number of benzene rings is 3. The number of alkyl carbamates (subject to hydrolysis) is 1. The van der Waals surface area contributed by atoms with Crippen molar-refractivity contribution >= 4 is 41.0 Å². The van der Waals surface area contributed by atoms with Gasteiger partial charge in [0.1, 0.15) is 17.4 Å². The number of methoxy groups -OCH3 is 1. The van der Waals surface area contributed by atoms with E-state index in [1.165, 1.54) is 57.4 Å². The van der Waals surface area contributed by atoms with Gasteiger partial charge in [0.15, 0.2) is 5.78 Å². The van der Waals surface area contributed by atoms with Gasteiger partial charge in [0.25, 0.3) is 0 Å². The molecule has 0 heterocycles. The fourth-order valence-electron chi connectivity index (χ4n) is 5.60. The molecule has 15 heteroatoms. The summed E-state index contributed by atoms with van der Waals surface area (Å²) in [6.45, 7) is 7.89. The maximum Gasteiger partial charge on any atom is 0.450 e. The van der Waals surface area contributed by atoms with Crippen LogP contribution in [0.4, 0.5) is 26.7 Å². The van der Waals surface area contributed by atoms with Gasteiger partial charge in [0, 0.05) is 41.8 Å². The van der Waals surface area contributed by atoms with Gasteiger partial charge in [0.2, 0.25) is 17.5 Å². The molecule has 0 bridgehead atoms. The van der Waals surface area contributed by atoms with E-state index < -0.39 is 89.3 Å². The Balaban J connectivity index is 1.98. The van der Waals surface area contributed by atoms with Crippen LogP contribution in [0.15, 0.2) is 72.8 Å². The second kappa shape index (κ2) is 18.7. The van der Waals surface area contributed by atoms with Crippen LogP contribution in [0.2, 0.25) is 5.02 Å². The van der Waals surface area contributed by atoms with Gasteiger partial charge in [-0.05, 0) is 74.1 Å². The molecule has 0 radical (unpaired) electrons. The normalized spacial score (nSPS) is 13.7. The molecule has 0 unspecified atom stereocenters. The Morgan fingerprint density at radius 2 is 1.42 bits per heavy atom. The zero-order chi connectivity index (χ0) is 41.3. The van der Waals surface area contributed by atoms with Crippen molar-refractivity contribution in [3.63, 3.8) is 0 Å². The number of nitrogens with one attached hydrogen (secondary N) is 2. The highest BCUT2D eigenvalue weighted by Crippen LogP contribution is 2.34. The van der Waals surface area contributed by atoms with E-state index in [1.54, 1.807) is 45.0 Å². The van der Waals surface area contributed by atoms with Crippen LogP contribution in [0, 0.1) is 17.8 Å². The molecule has 3 atom stereocenters. The van der Waals surface area contributed by atoms with Gasteiger partial charge >= 0.3 is 18.2 Å². The van der Waals surface area contributed by atoms with Crippen LogP contribution in [0.25, 0.3) is 0 Å². The molecule has 9 nitrogen and oxygen atoms in total. The maximum atomic E-state index is 15.5. The fourth-order valence-corrected chi connectivity index (χ4v) is 5.79. The minimum atomic E-state index is -5.23. The van der Waals surface area contributed by atoms with Crippen LogP contribution in [0.5, 0.6) is 5.75 Å². The van der Waals surface area contributed by atoms with Crippen molar-refractivity contribution in [2.45, 2.75) is 84.2 Å². The molecule has 2 N–H and O–H groups in total. The first kappa shape index (κ1) is 44.5. The van der Waals surface area contributed by atoms with Crippen molar-refractivity contribution in [3.8, 4) is 5.75 Å². The van der Waals surface area contributed by atoms with Crippen molar-refractivity contribution in [2.75, 3.05) is 7.11 Å². The summed E-state index contributed by atoms with van der Waals surface area (Å²) < 4.78 is 81.9. The minimum Gasteiger partial charge on any atom is -0.497 e. The molecule has 0 saturated carbocycles. The third-order valence-corrected chi connectivity index (χ3v) is 8.82. The number of hydrogen-bond acceptors (Lipinski definition) is 7. The second-order valence-electron chi connectivity index (χ2n) is 14.4. The number of Topliss-reactive ketones (excluding diaryl/α,β-unsaturated/α-hetero) is 3. The van der Waals surface area contributed by atoms with E-state index in [0.29, 0.717) is 16.9 Å². The lowest BCUT2D eigenvalue weighted by atomic mass is 9.83. The molecule has 298 valence electrons. The van der Waals surface area contributed by atoms with Crippen LogP contribution in [-0.2, 0) is 42.8 Å². The molecule has 3 aromatic rings. The average Bonchev–Trinajstić information content (AvgIpc) is 3.10. The Morgan fingerprint density at radius 3 is 1.95 bits per heavy atom. The number of carbonyl (C=O) groups excluding carboxylic acids is 5. The monoisotopic (exact) mass is 794 g/mol. The number of ether oxygens (including phenoxy) is 2. The largest absolute Gasteiger partial charge is 0.497 e. The molecule has 3 aromatic carbocycles. The topological polar surface area (TPSA) is 128 Å². The summed E-state index contributed by atoms with van der Waals surface area (Å²) in [6.07, 6.45) is -8.08. The zero-order valence-electron chi connectivity index (χ0n) is 31.2. The summed E-state index contributed by atoms with van der Waals surface area (Å²) >= 11 is 5.90. The van der Waals surface area contributed by atoms with Crippen LogP contribution in [0.3, 0.4) is 0 Å². The summed E-state index contributed by atoms with van der Waals surface area (Å²) in [5.74, 6) is -13.6. The molecule has 2 amide bonds. The highest BCUT2D eigenvalue weighted by atomic mass is 35.5. The van der Waals surface area contributed by atoms with Crippen molar-refractivity contribution in [2.24, 2.45) is 17.8 Å². The molecule has 0 aromatic heterocycles. The smallest absolute Gasteiger partial charge is 0.450 e. The van der Waals surface area contributed by atoms with Crippen LogP contribution < -0.4 is 15.4 Å². The van der Waals surface area contributed by atoms with Gasteiger partial charge in [-0.3, -0.25) is 19.2 Å². The fraction of sp³-hybridized carbons (Fsp3) is 0.425. The third kappa shape index (κ3) is 13.2. The van der Waals surface area contributed by atoms with Crippen molar-refractivity contribution in [1.82, 2.24) is 10.6 Å². The first-order valence-corrected chi connectivity index (χ1v) is 17.7. The summed E-state index contributed by atoms with van der Waals surface area (Å²) in [6, 6.07) is 14.9. The molecule has 3 rings (SSSR count). The number of amides is 2. The van der Waals surface area contributed by atoms with Crippen LogP contribution in [0.1, 0.15) is 75.8 Å². The number of hydrogen-bond donors (Lipinski definition) is 2. The zero-order valence-corrected chi connectivity index (χ0v) is 31.9. The van der Waals surface area contributed by atoms with Gasteiger partial charge in [-0.1, -0.05) is 74.0 Å². The Bertz CT molecular complexity index is 1820. The molecule has 0 aliphatic carbocycles. The van der Waals surface area contributed by atoms with Gasteiger partial charge in [-0.15, -0.1) is 0 Å². The molecule has 0 aliphatic heterocycles. The lowest BCUT2D eigenvalue weighted by Crippen LogP contribution is -2.42. The summed E-state index contributed by atoms with van der Waals surface area (Å²) in [5.41, 5.74) is -0.276. The van der Waals surface area contributed by atoms with E-state index in [1.807, 2.05) is 0 Å². The number of alkyl halides is 5. The second-order valence-corrected chi connectivity index (χ2v) is 14.8. The lowest BCUT2D eigenvalue weighted by molar-refractivity contribution is -0.177. The summed E-state index contributed by atoms with van der Waals surface area (Å²) in [7, 11) is 1.38. The number of rotatable bonds is 17. The van der Waals surface area contributed by atoms with Gasteiger partial charge < -0.3 is 20.1 Å². The molecule has 0 fully saturated rings. The van der Waals surface area contributed by atoms with Gasteiger partial charge in [-0.2, -0.15) is 22.0 Å². The third-order valence-electron chi connectivity index (χ3n) is 8.58. The minimum absolute atomic E-state index is 0.0509. The SMILES string of the molecule is COc1ccc([C@H](NC(=O)[C@@H](CC(=O)C(F)(F)c2cccc(Cl)c2)Cc2ccc(CNC(=O)OC(C)(C)C)cc2)C(=O)C[C@H](C(=O)C(F)(F)F)C(C)C)cc1. The van der Waals surface area contributed by atoms with E-state index in [4.69, 9.17) is 21.1 Å². The standard InChI is InChI=1S/C40H44ClF5N2O7/c1-23(2)31(35(51)40(44,45)46)21-32(49)34(26-14-16-30(54-6)17-15-26)48-36(52)27(19-33(50)39(42,43)28-8-7-9-29(41)20-28)18-24-10-12-25(13-11-24)22-47-37(53)55-38(3,4)5/h7-17,20,23,27,31,34H,18-19,21-22H2,1-6H3,(H,47,53)(H,48,52)/t27-,31+,34+/m1/s1. The molecular weight excluding hydrogens is 751 g/mol. The quantitative estimate of drug-likeness (QED) is 0.131. The van der Waals surface area contributed by atoms with Crippen molar-refractivity contribution in [1.29, 1.82) is 0 Å². The highest BCUT2D eigenvalue weighted by Gasteiger charge is 2.46. The van der Waals surface area contributed by atoms with Gasteiger partial charge in [0.05, 0.1) is 7.11 Å². The first-order valence-electron chi connectivity index (χ1n) is 17.3. The van der Waals surface area contributed by atoms with E-state index in [9.17, 15) is 37.1 Å². The van der Waals surface area contributed by atoms with E-state index >= 15 is 8.78 Å². The van der Waals surface area contributed by atoms with Crippen LogP contribution >= 0.6 is 11.6 Å². The predicted octanol–water partition coefficient (Wildman–Crippen LogP) is 8.50. The molecule has 0 saturated heterocycles. The van der Waals surface area contributed by atoms with Gasteiger partial charge in [-0.25, -0.2) is 4.79 Å². The van der Waals surface area contributed by atoms with Crippen LogP contribution in [-0.4, -0.2) is 48.2 Å². The predicted molar refractivity (Wildman–Crippen MR) is 195 cm³/mol. The van der Waals surface area contributed by atoms with Crippen molar-refractivity contribution < 1.29 is 55.4 Å². The summed E-state index contributed by atoms with van der Waals surface area (Å²) in [4.78, 5) is 65.5. The highest BCUT2D eigenvalue weighted by molar-refractivity contribution is 6.30. The molecule has 0 spiro atoms. The van der Waals surface area contributed by atoms with E-state index in [2.05, 4.69) is 10.6 Å². The first-order chi connectivity index (χ1) is 25.5. The Kier molecular flexibility index (Phi) is 15.1. The summed E-state index contributed by atoms with van der Waals surface area (Å²) in [5, 5.41) is 5.03.